The second kappa shape index (κ2) is 10.0. The average molecular weight is 443 g/mol. The molecule has 0 aliphatic carbocycles. The van der Waals surface area contributed by atoms with Crippen LogP contribution in [0, 0.1) is 6.92 Å². The molecule has 0 saturated carbocycles. The molecule has 2 saturated heterocycles. The standard InChI is InChI=1S/C23H30N4O5/c1-16-20(22(28)26-11-13-31-14-12-26)25-21(32-16)18-7-9-27(10-8-18)23(29)24-15-17-3-5-19(30-2)6-4-17/h3-6,18H,7-15H2,1-2H3,(H,24,29). The van der Waals surface area contributed by atoms with Crippen LogP contribution in [0.15, 0.2) is 28.7 Å². The number of piperidine rings is 1. The summed E-state index contributed by atoms with van der Waals surface area (Å²) in [7, 11) is 1.63. The smallest absolute Gasteiger partial charge is 0.317 e. The van der Waals surface area contributed by atoms with Gasteiger partial charge in [-0.15, -0.1) is 0 Å². The maximum atomic E-state index is 12.8. The Morgan fingerprint density at radius 1 is 1.09 bits per heavy atom. The molecule has 3 heterocycles. The lowest BCUT2D eigenvalue weighted by Gasteiger charge is -2.30. The molecular formula is C23H30N4O5. The van der Waals surface area contributed by atoms with E-state index in [-0.39, 0.29) is 17.9 Å². The summed E-state index contributed by atoms with van der Waals surface area (Å²) < 4.78 is 16.3. The summed E-state index contributed by atoms with van der Waals surface area (Å²) in [5.74, 6) is 1.94. The van der Waals surface area contributed by atoms with Gasteiger partial charge in [-0.3, -0.25) is 4.79 Å². The monoisotopic (exact) mass is 442 g/mol. The number of aryl methyl sites for hydroxylation is 1. The quantitative estimate of drug-likeness (QED) is 0.764. The van der Waals surface area contributed by atoms with Crippen LogP contribution >= 0.6 is 0 Å². The first kappa shape index (κ1) is 22.1. The fourth-order valence-electron chi connectivity index (χ4n) is 4.07. The molecule has 3 amide bonds. The van der Waals surface area contributed by atoms with Crippen molar-refractivity contribution < 1.29 is 23.5 Å². The summed E-state index contributed by atoms with van der Waals surface area (Å²) in [5.41, 5.74) is 1.41. The molecule has 172 valence electrons. The molecule has 32 heavy (non-hydrogen) atoms. The third-order valence-electron chi connectivity index (χ3n) is 6.05. The summed E-state index contributed by atoms with van der Waals surface area (Å²) in [5, 5.41) is 2.97. The van der Waals surface area contributed by atoms with E-state index < -0.39 is 0 Å². The maximum Gasteiger partial charge on any atom is 0.317 e. The van der Waals surface area contributed by atoms with E-state index in [1.54, 1.807) is 18.9 Å². The second-order valence-electron chi connectivity index (χ2n) is 8.13. The van der Waals surface area contributed by atoms with E-state index >= 15 is 0 Å². The average Bonchev–Trinajstić information content (AvgIpc) is 3.24. The zero-order valence-electron chi connectivity index (χ0n) is 18.6. The number of urea groups is 1. The number of morpholine rings is 1. The predicted octanol–water partition coefficient (Wildman–Crippen LogP) is 2.55. The number of nitrogens with zero attached hydrogens (tertiary/aromatic N) is 3. The molecule has 1 aromatic heterocycles. The summed E-state index contributed by atoms with van der Waals surface area (Å²) in [6, 6.07) is 7.55. The van der Waals surface area contributed by atoms with Crippen molar-refractivity contribution in [3.63, 3.8) is 0 Å². The molecule has 2 aliphatic rings. The van der Waals surface area contributed by atoms with Crippen LogP contribution in [0.1, 0.15) is 46.5 Å². The van der Waals surface area contributed by atoms with Crippen LogP contribution in [0.5, 0.6) is 5.75 Å². The number of hydrogen-bond acceptors (Lipinski definition) is 6. The van der Waals surface area contributed by atoms with Gasteiger partial charge in [0, 0.05) is 38.6 Å². The molecule has 0 radical (unpaired) electrons. The van der Waals surface area contributed by atoms with Crippen molar-refractivity contribution >= 4 is 11.9 Å². The highest BCUT2D eigenvalue weighted by Gasteiger charge is 2.30. The van der Waals surface area contributed by atoms with Crippen LogP contribution < -0.4 is 10.1 Å². The lowest BCUT2D eigenvalue weighted by atomic mass is 9.97. The summed E-state index contributed by atoms with van der Waals surface area (Å²) in [6.45, 7) is 5.74. The zero-order valence-corrected chi connectivity index (χ0v) is 18.6. The number of ether oxygens (including phenoxy) is 2. The number of benzene rings is 1. The SMILES string of the molecule is COc1ccc(CNC(=O)N2CCC(c3nc(C(=O)N4CCOCC4)c(C)o3)CC2)cc1. The van der Waals surface area contributed by atoms with Crippen LogP contribution in [0.4, 0.5) is 4.79 Å². The van der Waals surface area contributed by atoms with E-state index in [2.05, 4.69) is 10.3 Å². The molecule has 1 N–H and O–H groups in total. The molecule has 0 unspecified atom stereocenters. The second-order valence-corrected chi connectivity index (χ2v) is 8.13. The first-order chi connectivity index (χ1) is 15.5. The molecule has 0 spiro atoms. The fourth-order valence-corrected chi connectivity index (χ4v) is 4.07. The van der Waals surface area contributed by atoms with Crippen molar-refractivity contribution in [3.8, 4) is 5.75 Å². The number of carbonyl (C=O) groups is 2. The minimum atomic E-state index is -0.101. The van der Waals surface area contributed by atoms with Crippen LogP contribution in [0.2, 0.25) is 0 Å². The van der Waals surface area contributed by atoms with Gasteiger partial charge in [-0.1, -0.05) is 12.1 Å². The molecule has 4 rings (SSSR count). The maximum absolute atomic E-state index is 12.8. The van der Waals surface area contributed by atoms with E-state index in [1.165, 1.54) is 0 Å². The topological polar surface area (TPSA) is 97.1 Å². The van der Waals surface area contributed by atoms with Gasteiger partial charge < -0.3 is 29.0 Å². The number of amides is 3. The lowest BCUT2D eigenvalue weighted by Crippen LogP contribution is -2.43. The summed E-state index contributed by atoms with van der Waals surface area (Å²) in [6.07, 6.45) is 1.50. The van der Waals surface area contributed by atoms with Gasteiger partial charge in [0.15, 0.2) is 11.6 Å². The number of carbonyl (C=O) groups excluding carboxylic acids is 2. The van der Waals surface area contributed by atoms with Crippen molar-refractivity contribution in [2.75, 3.05) is 46.5 Å². The van der Waals surface area contributed by atoms with Crippen molar-refractivity contribution in [2.45, 2.75) is 32.2 Å². The van der Waals surface area contributed by atoms with Gasteiger partial charge in [-0.05, 0) is 37.5 Å². The highest BCUT2D eigenvalue weighted by atomic mass is 16.5. The van der Waals surface area contributed by atoms with E-state index in [1.807, 2.05) is 29.2 Å². The number of aromatic nitrogens is 1. The van der Waals surface area contributed by atoms with Gasteiger partial charge in [0.1, 0.15) is 11.5 Å². The third kappa shape index (κ3) is 5.04. The first-order valence-corrected chi connectivity index (χ1v) is 11.0. The predicted molar refractivity (Wildman–Crippen MR) is 117 cm³/mol. The van der Waals surface area contributed by atoms with Gasteiger partial charge in [-0.2, -0.15) is 0 Å². The number of nitrogens with one attached hydrogen (secondary N) is 1. The van der Waals surface area contributed by atoms with Crippen LogP contribution in [0.3, 0.4) is 0 Å². The van der Waals surface area contributed by atoms with Gasteiger partial charge in [-0.25, -0.2) is 9.78 Å². The Hall–Kier alpha value is -3.07. The molecule has 2 aliphatic heterocycles. The Kier molecular flexibility index (Phi) is 6.94. The number of likely N-dealkylation sites (tertiary alicyclic amines) is 1. The molecule has 0 atom stereocenters. The fraction of sp³-hybridized carbons (Fsp3) is 0.522. The van der Waals surface area contributed by atoms with Gasteiger partial charge in [0.25, 0.3) is 5.91 Å². The minimum Gasteiger partial charge on any atom is -0.497 e. The molecule has 9 nitrogen and oxygen atoms in total. The van der Waals surface area contributed by atoms with E-state index in [9.17, 15) is 9.59 Å². The number of rotatable bonds is 5. The summed E-state index contributed by atoms with van der Waals surface area (Å²) >= 11 is 0. The Balaban J connectivity index is 1.28. The minimum absolute atomic E-state index is 0.0777. The van der Waals surface area contributed by atoms with Crippen molar-refractivity contribution in [1.82, 2.24) is 20.1 Å². The number of oxazole rings is 1. The van der Waals surface area contributed by atoms with E-state index in [4.69, 9.17) is 13.9 Å². The van der Waals surface area contributed by atoms with E-state index in [0.29, 0.717) is 63.3 Å². The Bertz CT molecular complexity index is 928. The highest BCUT2D eigenvalue weighted by Crippen LogP contribution is 2.29. The molecule has 2 aromatic rings. The van der Waals surface area contributed by atoms with Crippen molar-refractivity contribution in [3.05, 3.63) is 47.2 Å². The van der Waals surface area contributed by atoms with Gasteiger partial charge in [0.2, 0.25) is 0 Å². The van der Waals surface area contributed by atoms with Crippen LogP contribution in [-0.2, 0) is 11.3 Å². The van der Waals surface area contributed by atoms with E-state index in [0.717, 1.165) is 24.2 Å². The molecular weight excluding hydrogens is 412 g/mol. The summed E-state index contributed by atoms with van der Waals surface area (Å²) in [4.78, 5) is 33.4. The van der Waals surface area contributed by atoms with Crippen LogP contribution in [-0.4, -0.2) is 73.2 Å². The van der Waals surface area contributed by atoms with Crippen molar-refractivity contribution in [2.24, 2.45) is 0 Å². The van der Waals surface area contributed by atoms with Crippen molar-refractivity contribution in [1.29, 1.82) is 0 Å². The Morgan fingerprint density at radius 2 is 1.78 bits per heavy atom. The number of hydrogen-bond donors (Lipinski definition) is 1. The largest absolute Gasteiger partial charge is 0.497 e. The Morgan fingerprint density at radius 3 is 2.44 bits per heavy atom. The normalized spacial score (nSPS) is 17.3. The molecule has 0 bridgehead atoms. The molecule has 1 aromatic carbocycles. The van der Waals surface area contributed by atoms with Gasteiger partial charge in [0.05, 0.1) is 20.3 Å². The number of methoxy groups -OCH3 is 1. The molecule has 9 heteroatoms. The Labute approximate surface area is 187 Å². The first-order valence-electron chi connectivity index (χ1n) is 11.0. The zero-order chi connectivity index (χ0) is 22.5. The van der Waals surface area contributed by atoms with Crippen LogP contribution in [0.25, 0.3) is 0 Å². The lowest BCUT2D eigenvalue weighted by molar-refractivity contribution is 0.0298. The molecule has 2 fully saturated rings. The third-order valence-corrected chi connectivity index (χ3v) is 6.05. The van der Waals surface area contributed by atoms with Gasteiger partial charge >= 0.3 is 6.03 Å². The highest BCUT2D eigenvalue weighted by molar-refractivity contribution is 5.93.